The summed E-state index contributed by atoms with van der Waals surface area (Å²) in [5, 5.41) is 0. The molecule has 12 heavy (non-hydrogen) atoms. The Morgan fingerprint density at radius 2 is 2.33 bits per heavy atom. The second-order valence-corrected chi connectivity index (χ2v) is 3.52. The lowest BCUT2D eigenvalue weighted by Gasteiger charge is -2.12. The summed E-state index contributed by atoms with van der Waals surface area (Å²) in [6.07, 6.45) is 10.4. The van der Waals surface area contributed by atoms with Gasteiger partial charge in [0, 0.05) is 13.7 Å². The summed E-state index contributed by atoms with van der Waals surface area (Å²) in [5.74, 6) is 0.643. The molecule has 0 amide bonds. The van der Waals surface area contributed by atoms with Crippen LogP contribution < -0.4 is 0 Å². The fourth-order valence-corrected chi connectivity index (χ4v) is 1.56. The fraction of sp³-hybridized carbons (Fsp3) is 0.636. The van der Waals surface area contributed by atoms with Crippen molar-refractivity contribution >= 4 is 0 Å². The number of allylic oxidation sites excluding steroid dienone is 4. The van der Waals surface area contributed by atoms with Crippen LogP contribution in [0, 0.1) is 5.92 Å². The first-order valence-electron chi connectivity index (χ1n) is 4.67. The predicted octanol–water partition coefficient (Wildman–Crippen LogP) is 2.94. The van der Waals surface area contributed by atoms with Crippen molar-refractivity contribution < 1.29 is 4.74 Å². The molecule has 1 rings (SSSR count). The SMILES string of the molecule is COCC(C)CC1=CCCC=C1. The van der Waals surface area contributed by atoms with Crippen molar-refractivity contribution in [2.75, 3.05) is 13.7 Å². The van der Waals surface area contributed by atoms with Gasteiger partial charge in [0.25, 0.3) is 0 Å². The Bertz CT molecular complexity index is 179. The third-order valence-corrected chi connectivity index (χ3v) is 2.11. The quantitative estimate of drug-likeness (QED) is 0.624. The third kappa shape index (κ3) is 3.22. The molecule has 0 aliphatic heterocycles. The fourth-order valence-electron chi connectivity index (χ4n) is 1.56. The Balaban J connectivity index is 2.29. The molecule has 0 radical (unpaired) electrons. The van der Waals surface area contributed by atoms with E-state index in [-0.39, 0.29) is 0 Å². The molecule has 0 saturated carbocycles. The maximum atomic E-state index is 5.09. The van der Waals surface area contributed by atoms with Crippen LogP contribution in [0.25, 0.3) is 0 Å². The standard InChI is InChI=1S/C11H18O/c1-10(9-12-2)8-11-6-4-3-5-7-11/h4,6-7,10H,3,5,8-9H2,1-2H3. The van der Waals surface area contributed by atoms with Crippen molar-refractivity contribution in [2.45, 2.75) is 26.2 Å². The van der Waals surface area contributed by atoms with E-state index in [0.717, 1.165) is 13.0 Å². The van der Waals surface area contributed by atoms with Crippen LogP contribution in [-0.2, 0) is 4.74 Å². The lowest BCUT2D eigenvalue weighted by Crippen LogP contribution is -2.04. The van der Waals surface area contributed by atoms with Gasteiger partial charge in [0.05, 0.1) is 0 Å². The molecular weight excluding hydrogens is 148 g/mol. The smallest absolute Gasteiger partial charge is 0.0491 e. The van der Waals surface area contributed by atoms with Gasteiger partial charge in [-0.05, 0) is 25.2 Å². The van der Waals surface area contributed by atoms with Crippen LogP contribution in [-0.4, -0.2) is 13.7 Å². The summed E-state index contributed by atoms with van der Waals surface area (Å²) in [6, 6.07) is 0. The van der Waals surface area contributed by atoms with Crippen molar-refractivity contribution in [1.82, 2.24) is 0 Å². The Kier molecular flexibility index (Phi) is 4.09. The molecule has 1 atom stereocenters. The molecule has 0 fully saturated rings. The first-order chi connectivity index (χ1) is 5.83. The van der Waals surface area contributed by atoms with Gasteiger partial charge in [-0.1, -0.05) is 30.7 Å². The van der Waals surface area contributed by atoms with E-state index in [9.17, 15) is 0 Å². The van der Waals surface area contributed by atoms with Crippen LogP contribution in [0.4, 0.5) is 0 Å². The van der Waals surface area contributed by atoms with Crippen LogP contribution >= 0.6 is 0 Å². The topological polar surface area (TPSA) is 9.23 Å². The van der Waals surface area contributed by atoms with E-state index in [2.05, 4.69) is 25.2 Å². The summed E-state index contributed by atoms with van der Waals surface area (Å²) >= 11 is 0. The maximum Gasteiger partial charge on any atom is 0.0491 e. The molecule has 0 aromatic rings. The van der Waals surface area contributed by atoms with E-state index in [1.54, 1.807) is 7.11 Å². The van der Waals surface area contributed by atoms with Gasteiger partial charge in [-0.3, -0.25) is 0 Å². The molecule has 1 nitrogen and oxygen atoms in total. The second kappa shape index (κ2) is 5.15. The third-order valence-electron chi connectivity index (χ3n) is 2.11. The molecule has 0 saturated heterocycles. The Morgan fingerprint density at radius 1 is 1.50 bits per heavy atom. The van der Waals surface area contributed by atoms with Gasteiger partial charge in [-0.2, -0.15) is 0 Å². The van der Waals surface area contributed by atoms with E-state index in [0.29, 0.717) is 5.92 Å². The number of rotatable bonds is 4. The number of hydrogen-bond acceptors (Lipinski definition) is 1. The van der Waals surface area contributed by atoms with E-state index >= 15 is 0 Å². The van der Waals surface area contributed by atoms with Crippen molar-refractivity contribution in [1.29, 1.82) is 0 Å². The highest BCUT2D eigenvalue weighted by Gasteiger charge is 2.04. The molecule has 1 aliphatic carbocycles. The summed E-state index contributed by atoms with van der Waals surface area (Å²) in [6.45, 7) is 3.10. The van der Waals surface area contributed by atoms with Gasteiger partial charge in [-0.25, -0.2) is 0 Å². The number of methoxy groups -OCH3 is 1. The van der Waals surface area contributed by atoms with Crippen LogP contribution in [0.2, 0.25) is 0 Å². The van der Waals surface area contributed by atoms with Crippen LogP contribution in [0.3, 0.4) is 0 Å². The molecule has 0 spiro atoms. The molecule has 0 N–H and O–H groups in total. The Labute approximate surface area is 75.1 Å². The van der Waals surface area contributed by atoms with Gasteiger partial charge < -0.3 is 4.74 Å². The highest BCUT2D eigenvalue weighted by Crippen LogP contribution is 2.17. The Morgan fingerprint density at radius 3 is 2.92 bits per heavy atom. The van der Waals surface area contributed by atoms with Crippen LogP contribution in [0.15, 0.2) is 23.8 Å². The first-order valence-corrected chi connectivity index (χ1v) is 4.67. The molecule has 68 valence electrons. The largest absolute Gasteiger partial charge is 0.384 e. The van der Waals surface area contributed by atoms with E-state index in [1.807, 2.05) is 0 Å². The van der Waals surface area contributed by atoms with Crippen LogP contribution in [0.5, 0.6) is 0 Å². The number of ether oxygens (including phenoxy) is 1. The minimum absolute atomic E-state index is 0.643. The van der Waals surface area contributed by atoms with E-state index in [4.69, 9.17) is 4.74 Å². The zero-order valence-corrected chi connectivity index (χ0v) is 8.05. The summed E-state index contributed by atoms with van der Waals surface area (Å²) in [5.41, 5.74) is 1.48. The molecular formula is C11H18O. The Hall–Kier alpha value is -0.560. The molecule has 0 heterocycles. The summed E-state index contributed by atoms with van der Waals surface area (Å²) in [7, 11) is 1.77. The van der Waals surface area contributed by atoms with Crippen LogP contribution in [0.1, 0.15) is 26.2 Å². The summed E-state index contributed by atoms with van der Waals surface area (Å²) in [4.78, 5) is 0. The number of hydrogen-bond donors (Lipinski definition) is 0. The highest BCUT2D eigenvalue weighted by atomic mass is 16.5. The molecule has 1 heteroatoms. The minimum atomic E-state index is 0.643. The monoisotopic (exact) mass is 166 g/mol. The van der Waals surface area contributed by atoms with Gasteiger partial charge in [0.2, 0.25) is 0 Å². The molecule has 0 bridgehead atoms. The van der Waals surface area contributed by atoms with Crippen molar-refractivity contribution in [2.24, 2.45) is 5.92 Å². The van der Waals surface area contributed by atoms with E-state index in [1.165, 1.54) is 18.4 Å². The molecule has 1 aliphatic rings. The van der Waals surface area contributed by atoms with Gasteiger partial charge >= 0.3 is 0 Å². The zero-order chi connectivity index (χ0) is 8.81. The zero-order valence-electron chi connectivity index (χ0n) is 8.05. The van der Waals surface area contributed by atoms with E-state index < -0.39 is 0 Å². The maximum absolute atomic E-state index is 5.09. The van der Waals surface area contributed by atoms with Crippen molar-refractivity contribution in [3.8, 4) is 0 Å². The first kappa shape index (κ1) is 9.53. The predicted molar refractivity (Wildman–Crippen MR) is 52.1 cm³/mol. The van der Waals surface area contributed by atoms with Gasteiger partial charge in [0.15, 0.2) is 0 Å². The van der Waals surface area contributed by atoms with Gasteiger partial charge in [0.1, 0.15) is 0 Å². The van der Waals surface area contributed by atoms with Gasteiger partial charge in [-0.15, -0.1) is 0 Å². The van der Waals surface area contributed by atoms with Crippen molar-refractivity contribution in [3.63, 3.8) is 0 Å². The lowest BCUT2D eigenvalue weighted by molar-refractivity contribution is 0.160. The average Bonchev–Trinajstić information content (AvgIpc) is 2.06. The normalized spacial score (nSPS) is 19.0. The average molecular weight is 166 g/mol. The highest BCUT2D eigenvalue weighted by molar-refractivity contribution is 5.22. The summed E-state index contributed by atoms with van der Waals surface area (Å²) < 4.78 is 5.09. The lowest BCUT2D eigenvalue weighted by atomic mass is 9.97. The van der Waals surface area contributed by atoms with Crippen molar-refractivity contribution in [3.05, 3.63) is 23.8 Å². The minimum Gasteiger partial charge on any atom is -0.384 e. The second-order valence-electron chi connectivity index (χ2n) is 3.52. The molecule has 0 aromatic heterocycles. The molecule has 0 aromatic carbocycles. The molecule has 1 unspecified atom stereocenters.